The van der Waals surface area contributed by atoms with E-state index in [1.54, 1.807) is 13.8 Å². The topological polar surface area (TPSA) is 102 Å². The molecule has 7 nitrogen and oxygen atoms in total. The number of nitrogens with one attached hydrogen (secondary N) is 1. The first-order valence-corrected chi connectivity index (χ1v) is 8.55. The van der Waals surface area contributed by atoms with Gasteiger partial charge in [0.25, 0.3) is 6.29 Å². The maximum absolute atomic E-state index is 11.8. The van der Waals surface area contributed by atoms with Gasteiger partial charge in [-0.1, -0.05) is 40.5 Å². The van der Waals surface area contributed by atoms with Crippen molar-refractivity contribution in [3.05, 3.63) is 0 Å². The van der Waals surface area contributed by atoms with Crippen molar-refractivity contribution in [2.45, 2.75) is 66.6 Å². The Kier molecular flexibility index (Phi) is 10.8. The van der Waals surface area contributed by atoms with Crippen molar-refractivity contribution < 1.29 is 29.0 Å². The van der Waals surface area contributed by atoms with E-state index in [-0.39, 0.29) is 12.5 Å². The first kappa shape index (κ1) is 22.2. The summed E-state index contributed by atoms with van der Waals surface area (Å²) in [6.07, 6.45) is 1.55. The van der Waals surface area contributed by atoms with Gasteiger partial charge < -0.3 is 19.9 Å². The second kappa shape index (κ2) is 11.7. The fourth-order valence-corrected chi connectivity index (χ4v) is 2.26. The molecule has 7 heteroatoms. The highest BCUT2D eigenvalue weighted by Gasteiger charge is 2.24. The minimum absolute atomic E-state index is 0.0147. The highest BCUT2D eigenvalue weighted by molar-refractivity contribution is 5.72. The van der Waals surface area contributed by atoms with Gasteiger partial charge in [0.05, 0.1) is 5.92 Å². The molecule has 0 aromatic heterocycles. The molecule has 0 aliphatic rings. The summed E-state index contributed by atoms with van der Waals surface area (Å²) in [5.41, 5.74) is 0. The number of hydrogen-bond acceptors (Lipinski definition) is 5. The number of carbonyl (C=O) groups excluding carboxylic acids is 2. The van der Waals surface area contributed by atoms with Crippen LogP contribution in [0.3, 0.4) is 0 Å². The SMILES string of the molecule is CCC(CC)CC[C@@H](CNC(=O)O[C@H](OC(C)=O)C(C)C)C(=O)O. The van der Waals surface area contributed by atoms with Gasteiger partial charge in [0.1, 0.15) is 0 Å². The lowest BCUT2D eigenvalue weighted by Crippen LogP contribution is -2.38. The molecule has 2 N–H and O–H groups in total. The molecule has 0 rings (SSSR count). The number of carboxylic acid groups (broad SMARTS) is 1. The van der Waals surface area contributed by atoms with Crippen LogP contribution in [-0.2, 0) is 19.1 Å². The van der Waals surface area contributed by atoms with Gasteiger partial charge in [0.15, 0.2) is 0 Å². The Morgan fingerprint density at radius 3 is 2.04 bits per heavy atom. The minimum atomic E-state index is -0.990. The van der Waals surface area contributed by atoms with E-state index in [1.807, 2.05) is 0 Å². The van der Waals surface area contributed by atoms with Gasteiger partial charge in [-0.25, -0.2) is 4.79 Å². The van der Waals surface area contributed by atoms with E-state index < -0.39 is 30.2 Å². The molecule has 24 heavy (non-hydrogen) atoms. The number of carboxylic acids is 1. The predicted molar refractivity (Wildman–Crippen MR) is 89.3 cm³/mol. The van der Waals surface area contributed by atoms with Crippen LogP contribution >= 0.6 is 0 Å². The van der Waals surface area contributed by atoms with E-state index in [9.17, 15) is 19.5 Å². The Balaban J connectivity index is 4.44. The van der Waals surface area contributed by atoms with Crippen molar-refractivity contribution in [3.63, 3.8) is 0 Å². The number of rotatable bonds is 11. The van der Waals surface area contributed by atoms with Gasteiger partial charge in [0, 0.05) is 19.4 Å². The van der Waals surface area contributed by atoms with Gasteiger partial charge in [-0.3, -0.25) is 9.59 Å². The first-order chi connectivity index (χ1) is 11.2. The van der Waals surface area contributed by atoms with Crippen molar-refractivity contribution in [1.29, 1.82) is 0 Å². The maximum Gasteiger partial charge on any atom is 0.410 e. The molecule has 0 aromatic rings. The molecule has 0 heterocycles. The van der Waals surface area contributed by atoms with Crippen LogP contribution in [0.25, 0.3) is 0 Å². The lowest BCUT2D eigenvalue weighted by Gasteiger charge is -2.21. The lowest BCUT2D eigenvalue weighted by atomic mass is 9.92. The molecule has 0 saturated carbocycles. The molecule has 140 valence electrons. The van der Waals surface area contributed by atoms with Crippen molar-refractivity contribution in [1.82, 2.24) is 5.32 Å². The van der Waals surface area contributed by atoms with Crippen LogP contribution < -0.4 is 5.32 Å². The second-order valence-electron chi connectivity index (χ2n) is 6.30. The van der Waals surface area contributed by atoms with Crippen LogP contribution in [-0.4, -0.2) is 36.0 Å². The quantitative estimate of drug-likeness (QED) is 0.440. The molecule has 2 atom stereocenters. The van der Waals surface area contributed by atoms with E-state index in [0.717, 1.165) is 19.3 Å². The first-order valence-electron chi connectivity index (χ1n) is 8.55. The smallest absolute Gasteiger partial charge is 0.410 e. The highest BCUT2D eigenvalue weighted by Crippen LogP contribution is 2.18. The molecule has 0 radical (unpaired) electrons. The monoisotopic (exact) mass is 345 g/mol. The van der Waals surface area contributed by atoms with Gasteiger partial charge >= 0.3 is 18.0 Å². The zero-order chi connectivity index (χ0) is 18.7. The molecule has 0 aliphatic carbocycles. The van der Waals surface area contributed by atoms with Gasteiger partial charge in [-0.05, 0) is 18.8 Å². The van der Waals surface area contributed by atoms with Crippen molar-refractivity contribution in [2.24, 2.45) is 17.8 Å². The third kappa shape index (κ3) is 9.37. The van der Waals surface area contributed by atoms with E-state index in [1.165, 1.54) is 6.92 Å². The average molecular weight is 345 g/mol. The van der Waals surface area contributed by atoms with Crippen LogP contribution in [0.2, 0.25) is 0 Å². The van der Waals surface area contributed by atoms with Crippen LogP contribution in [0.4, 0.5) is 4.79 Å². The number of alkyl carbamates (subject to hydrolysis) is 1. The third-order valence-electron chi connectivity index (χ3n) is 3.97. The zero-order valence-corrected chi connectivity index (χ0v) is 15.3. The number of aliphatic carboxylic acids is 1. The van der Waals surface area contributed by atoms with E-state index in [0.29, 0.717) is 12.3 Å². The fraction of sp³-hybridized carbons (Fsp3) is 0.824. The van der Waals surface area contributed by atoms with Gasteiger partial charge in [-0.15, -0.1) is 0 Å². The van der Waals surface area contributed by atoms with Crippen LogP contribution in [0, 0.1) is 17.8 Å². The van der Waals surface area contributed by atoms with Crippen LogP contribution in [0.15, 0.2) is 0 Å². The summed E-state index contributed by atoms with van der Waals surface area (Å²) in [7, 11) is 0. The molecule has 0 aliphatic heterocycles. The van der Waals surface area contributed by atoms with Gasteiger partial charge in [0.2, 0.25) is 0 Å². The number of hydrogen-bond donors (Lipinski definition) is 2. The van der Waals surface area contributed by atoms with Crippen molar-refractivity contribution >= 4 is 18.0 Å². The Hall–Kier alpha value is -1.79. The van der Waals surface area contributed by atoms with Crippen molar-refractivity contribution in [2.75, 3.05) is 6.54 Å². The molecular formula is C17H31NO6. The summed E-state index contributed by atoms with van der Waals surface area (Å²) in [5, 5.41) is 11.7. The van der Waals surface area contributed by atoms with Gasteiger partial charge in [-0.2, -0.15) is 0 Å². The number of esters is 1. The largest absolute Gasteiger partial charge is 0.481 e. The predicted octanol–water partition coefficient (Wildman–Crippen LogP) is 3.18. The average Bonchev–Trinajstić information content (AvgIpc) is 2.49. The van der Waals surface area contributed by atoms with Crippen molar-refractivity contribution in [3.8, 4) is 0 Å². The normalized spacial score (nSPS) is 13.5. The summed E-state index contributed by atoms with van der Waals surface area (Å²) in [6, 6.07) is 0. The lowest BCUT2D eigenvalue weighted by molar-refractivity contribution is -0.172. The molecule has 0 bridgehead atoms. The fourth-order valence-electron chi connectivity index (χ4n) is 2.26. The Morgan fingerprint density at radius 2 is 1.62 bits per heavy atom. The summed E-state index contributed by atoms with van der Waals surface area (Å²) in [4.78, 5) is 34.1. The van der Waals surface area contributed by atoms with E-state index in [4.69, 9.17) is 9.47 Å². The summed E-state index contributed by atoms with van der Waals surface area (Å²) < 4.78 is 9.94. The second-order valence-corrected chi connectivity index (χ2v) is 6.30. The number of ether oxygens (including phenoxy) is 2. The molecule has 0 fully saturated rings. The molecule has 1 amide bonds. The third-order valence-corrected chi connectivity index (χ3v) is 3.97. The molecular weight excluding hydrogens is 314 g/mol. The van der Waals surface area contributed by atoms with Crippen LogP contribution in [0.5, 0.6) is 0 Å². The number of carbonyl (C=O) groups is 3. The maximum atomic E-state index is 11.8. The Bertz CT molecular complexity index is 406. The highest BCUT2D eigenvalue weighted by atomic mass is 16.7. The number of amides is 1. The van der Waals surface area contributed by atoms with E-state index in [2.05, 4.69) is 19.2 Å². The standard InChI is InChI=1S/C17H31NO6/c1-6-13(7-2)8-9-14(15(20)21)10-18-17(22)24-16(11(3)4)23-12(5)19/h11,13-14,16H,6-10H2,1-5H3,(H,18,22)(H,20,21)/t14-,16-/m0/s1. The molecule has 0 spiro atoms. The Labute approximate surface area is 144 Å². The molecule has 0 aromatic carbocycles. The molecule has 0 unspecified atom stereocenters. The van der Waals surface area contributed by atoms with Crippen LogP contribution in [0.1, 0.15) is 60.3 Å². The minimum Gasteiger partial charge on any atom is -0.481 e. The zero-order valence-electron chi connectivity index (χ0n) is 15.3. The summed E-state index contributed by atoms with van der Waals surface area (Å²) in [6.45, 7) is 8.88. The summed E-state index contributed by atoms with van der Waals surface area (Å²) >= 11 is 0. The molecule has 0 saturated heterocycles. The summed E-state index contributed by atoms with van der Waals surface area (Å²) in [5.74, 6) is -1.86. The Morgan fingerprint density at radius 1 is 1.04 bits per heavy atom. The van der Waals surface area contributed by atoms with E-state index >= 15 is 0 Å².